The maximum atomic E-state index is 4.05. The van der Waals surface area contributed by atoms with Crippen LogP contribution < -0.4 is 0 Å². The van der Waals surface area contributed by atoms with Crippen LogP contribution in [0.5, 0.6) is 0 Å². The van der Waals surface area contributed by atoms with E-state index in [1.165, 1.54) is 20.9 Å². The summed E-state index contributed by atoms with van der Waals surface area (Å²) >= 11 is 3.45. The van der Waals surface area contributed by atoms with Gasteiger partial charge in [0.25, 0.3) is 0 Å². The van der Waals surface area contributed by atoms with Crippen LogP contribution in [0.1, 0.15) is 0 Å². The van der Waals surface area contributed by atoms with Crippen molar-refractivity contribution in [3.05, 3.63) is 59.3 Å². The normalized spacial score (nSPS) is 11.0. The molecule has 2 aromatic heterocycles. The topological polar surface area (TPSA) is 41.6 Å². The molecule has 1 N–H and O–H groups in total. The summed E-state index contributed by atoms with van der Waals surface area (Å²) in [7, 11) is 0. The van der Waals surface area contributed by atoms with Crippen molar-refractivity contribution in [1.29, 1.82) is 0 Å². The first-order chi connectivity index (χ1) is 10.4. The average Bonchev–Trinajstić information content (AvgIpc) is 3.19. The Morgan fingerprint density at radius 2 is 1.76 bits per heavy atom. The zero-order valence-electron chi connectivity index (χ0n) is 11.0. The molecule has 5 heteroatoms. The van der Waals surface area contributed by atoms with Gasteiger partial charge in [0.05, 0.1) is 5.52 Å². The van der Waals surface area contributed by atoms with Gasteiger partial charge in [-0.3, -0.25) is 5.10 Å². The Morgan fingerprint density at radius 3 is 2.57 bits per heavy atom. The average molecular weight is 309 g/mol. The van der Waals surface area contributed by atoms with Gasteiger partial charge in [0.2, 0.25) is 0 Å². The molecule has 0 aliphatic rings. The van der Waals surface area contributed by atoms with E-state index in [0.717, 1.165) is 11.0 Å². The fourth-order valence-corrected chi connectivity index (χ4v) is 3.68. The number of nitrogens with one attached hydrogen (secondary N) is 1. The van der Waals surface area contributed by atoms with E-state index >= 15 is 0 Å². The maximum absolute atomic E-state index is 4.05. The van der Waals surface area contributed by atoms with Crippen molar-refractivity contribution in [2.75, 3.05) is 0 Å². The zero-order chi connectivity index (χ0) is 14.1. The van der Waals surface area contributed by atoms with E-state index in [1.807, 2.05) is 6.07 Å². The van der Waals surface area contributed by atoms with Crippen LogP contribution in [0, 0.1) is 0 Å². The van der Waals surface area contributed by atoms with Gasteiger partial charge in [-0.05, 0) is 58.3 Å². The van der Waals surface area contributed by atoms with E-state index in [-0.39, 0.29) is 0 Å². The SMILES string of the molecule is c1cc(-c2ccc(Sc3ccc4[nH]nnc4c3)cc2)cs1. The maximum Gasteiger partial charge on any atom is 0.114 e. The third kappa shape index (κ3) is 2.57. The van der Waals surface area contributed by atoms with Crippen LogP contribution in [0.3, 0.4) is 0 Å². The Bertz CT molecular complexity index is 864. The Balaban J connectivity index is 1.59. The lowest BCUT2D eigenvalue weighted by molar-refractivity contribution is 0.959. The molecule has 0 spiro atoms. The number of rotatable bonds is 3. The lowest BCUT2D eigenvalue weighted by Gasteiger charge is -2.03. The number of aromatic nitrogens is 3. The highest BCUT2D eigenvalue weighted by Gasteiger charge is 2.03. The Kier molecular flexibility index (Phi) is 3.21. The monoisotopic (exact) mass is 309 g/mol. The highest BCUT2D eigenvalue weighted by Crippen LogP contribution is 2.31. The highest BCUT2D eigenvalue weighted by atomic mass is 32.2. The number of fused-ring (bicyclic) bond motifs is 1. The summed E-state index contributed by atoms with van der Waals surface area (Å²) in [4.78, 5) is 2.39. The van der Waals surface area contributed by atoms with Crippen molar-refractivity contribution in [1.82, 2.24) is 15.4 Å². The first kappa shape index (κ1) is 12.6. The summed E-state index contributed by atoms with van der Waals surface area (Å²) in [5.74, 6) is 0. The second-order valence-corrected chi connectivity index (χ2v) is 6.56. The molecule has 0 atom stereocenters. The summed E-state index contributed by atoms with van der Waals surface area (Å²) in [5, 5.41) is 15.0. The molecule has 0 aliphatic carbocycles. The standard InChI is InChI=1S/C16H11N3S2/c1-3-13(4-2-11(1)12-7-8-20-10-12)21-14-5-6-15-16(9-14)18-19-17-15/h1-10H,(H,17,18,19). The predicted octanol–water partition coefficient (Wildman–Crippen LogP) is 4.84. The van der Waals surface area contributed by atoms with Crippen molar-refractivity contribution < 1.29 is 0 Å². The first-order valence-corrected chi connectivity index (χ1v) is 8.26. The molecule has 21 heavy (non-hydrogen) atoms. The molecule has 0 radical (unpaired) electrons. The third-order valence-corrected chi connectivity index (χ3v) is 4.92. The van der Waals surface area contributed by atoms with Crippen LogP contribution in [-0.2, 0) is 0 Å². The number of hydrogen-bond acceptors (Lipinski definition) is 4. The highest BCUT2D eigenvalue weighted by molar-refractivity contribution is 7.99. The minimum atomic E-state index is 0.898. The fraction of sp³-hybridized carbons (Fsp3) is 0. The third-order valence-electron chi connectivity index (χ3n) is 3.24. The van der Waals surface area contributed by atoms with Crippen LogP contribution in [0.15, 0.2) is 69.1 Å². The lowest BCUT2D eigenvalue weighted by atomic mass is 10.1. The summed E-state index contributed by atoms with van der Waals surface area (Å²) in [6, 6.07) is 16.9. The largest absolute Gasteiger partial charge is 0.258 e. The van der Waals surface area contributed by atoms with E-state index < -0.39 is 0 Å². The molecule has 3 nitrogen and oxygen atoms in total. The molecule has 4 rings (SSSR count). The minimum absolute atomic E-state index is 0.898. The summed E-state index contributed by atoms with van der Waals surface area (Å²) in [6.07, 6.45) is 0. The van der Waals surface area contributed by atoms with E-state index in [4.69, 9.17) is 0 Å². The van der Waals surface area contributed by atoms with E-state index in [2.05, 4.69) is 68.6 Å². The number of aromatic amines is 1. The molecule has 0 saturated carbocycles. The second-order valence-electron chi connectivity index (χ2n) is 4.63. The van der Waals surface area contributed by atoms with Crippen LogP contribution in [0.2, 0.25) is 0 Å². The molecular weight excluding hydrogens is 298 g/mol. The quantitative estimate of drug-likeness (QED) is 0.589. The van der Waals surface area contributed by atoms with Gasteiger partial charge in [-0.2, -0.15) is 11.3 Å². The molecule has 0 unspecified atom stereocenters. The molecule has 0 bridgehead atoms. The fourth-order valence-electron chi connectivity index (χ4n) is 2.17. The number of hydrogen-bond donors (Lipinski definition) is 1. The number of thiophene rings is 1. The molecule has 2 heterocycles. The first-order valence-electron chi connectivity index (χ1n) is 6.50. The Morgan fingerprint density at radius 1 is 0.905 bits per heavy atom. The van der Waals surface area contributed by atoms with Crippen LogP contribution >= 0.6 is 23.1 Å². The van der Waals surface area contributed by atoms with E-state index in [0.29, 0.717) is 0 Å². The van der Waals surface area contributed by atoms with Gasteiger partial charge in [0.15, 0.2) is 0 Å². The van der Waals surface area contributed by atoms with Gasteiger partial charge in [-0.1, -0.05) is 29.1 Å². The Labute approximate surface area is 130 Å². The van der Waals surface area contributed by atoms with Crippen LogP contribution in [-0.4, -0.2) is 15.4 Å². The van der Waals surface area contributed by atoms with Crippen molar-refractivity contribution >= 4 is 34.1 Å². The molecule has 4 aromatic rings. The van der Waals surface area contributed by atoms with Crippen molar-refractivity contribution in [3.8, 4) is 11.1 Å². The minimum Gasteiger partial charge on any atom is -0.258 e. The molecule has 2 aromatic carbocycles. The number of H-pyrrole nitrogens is 1. The predicted molar refractivity (Wildman–Crippen MR) is 87.8 cm³/mol. The molecule has 102 valence electrons. The van der Waals surface area contributed by atoms with Gasteiger partial charge >= 0.3 is 0 Å². The molecule has 0 aliphatic heterocycles. The van der Waals surface area contributed by atoms with E-state index in [1.54, 1.807) is 23.1 Å². The van der Waals surface area contributed by atoms with Gasteiger partial charge < -0.3 is 0 Å². The van der Waals surface area contributed by atoms with Crippen molar-refractivity contribution in [2.24, 2.45) is 0 Å². The van der Waals surface area contributed by atoms with Gasteiger partial charge in [-0.15, -0.1) is 5.10 Å². The Hall–Kier alpha value is -2.11. The van der Waals surface area contributed by atoms with E-state index in [9.17, 15) is 0 Å². The van der Waals surface area contributed by atoms with Crippen molar-refractivity contribution in [3.63, 3.8) is 0 Å². The molecule has 0 saturated heterocycles. The van der Waals surface area contributed by atoms with Gasteiger partial charge in [-0.25, -0.2) is 0 Å². The second kappa shape index (κ2) is 5.35. The molecular formula is C16H11N3S2. The van der Waals surface area contributed by atoms with Gasteiger partial charge in [0, 0.05) is 9.79 Å². The smallest absolute Gasteiger partial charge is 0.114 e. The van der Waals surface area contributed by atoms with Crippen LogP contribution in [0.4, 0.5) is 0 Å². The van der Waals surface area contributed by atoms with Crippen LogP contribution in [0.25, 0.3) is 22.2 Å². The van der Waals surface area contributed by atoms with Gasteiger partial charge in [0.1, 0.15) is 5.52 Å². The lowest BCUT2D eigenvalue weighted by Crippen LogP contribution is -1.77. The number of benzene rings is 2. The molecule has 0 amide bonds. The van der Waals surface area contributed by atoms with Crippen molar-refractivity contribution in [2.45, 2.75) is 9.79 Å². The molecule has 0 fully saturated rings. The number of nitrogens with zero attached hydrogens (tertiary/aromatic N) is 2. The zero-order valence-corrected chi connectivity index (χ0v) is 12.6. The summed E-state index contributed by atoms with van der Waals surface area (Å²) in [5.41, 5.74) is 4.40. The summed E-state index contributed by atoms with van der Waals surface area (Å²) < 4.78 is 0. The summed E-state index contributed by atoms with van der Waals surface area (Å²) in [6.45, 7) is 0.